The number of aromatic nitrogens is 2. The number of likely N-dealkylation sites (tertiary alicyclic amines) is 1. The third-order valence-corrected chi connectivity index (χ3v) is 6.94. The average molecular weight is 441 g/mol. The molecule has 2 aromatic rings. The second-order valence-electron chi connectivity index (χ2n) is 9.24. The topological polar surface area (TPSA) is 67.2 Å². The van der Waals surface area contributed by atoms with E-state index in [9.17, 15) is 14.0 Å². The Hall–Kier alpha value is -2.70. The van der Waals surface area contributed by atoms with Crippen LogP contribution in [0.15, 0.2) is 24.3 Å². The Bertz CT molecular complexity index is 963. The summed E-state index contributed by atoms with van der Waals surface area (Å²) in [7, 11) is 0. The number of amides is 2. The first-order chi connectivity index (χ1) is 15.4. The molecule has 1 aliphatic carbocycles. The van der Waals surface area contributed by atoms with Crippen LogP contribution in [0.25, 0.3) is 5.69 Å². The van der Waals surface area contributed by atoms with Crippen LogP contribution in [0, 0.1) is 25.6 Å². The van der Waals surface area contributed by atoms with E-state index in [0.29, 0.717) is 19.1 Å². The molecule has 1 N–H and O–H groups in total. The van der Waals surface area contributed by atoms with Crippen LogP contribution in [0.3, 0.4) is 0 Å². The average Bonchev–Trinajstić information content (AvgIpc) is 3.08. The minimum Gasteiger partial charge on any atom is -0.353 e. The SMILES string of the molecule is Cc1nn(-c2ccc(F)cc2)c(C)c1CC(=O)N1CCCC(C(=O)NC2CCCCC2)C1. The second-order valence-corrected chi connectivity index (χ2v) is 9.24. The summed E-state index contributed by atoms with van der Waals surface area (Å²) in [6.07, 6.45) is 7.71. The van der Waals surface area contributed by atoms with Gasteiger partial charge in [0, 0.05) is 30.4 Å². The number of rotatable bonds is 5. The van der Waals surface area contributed by atoms with Gasteiger partial charge in [-0.1, -0.05) is 19.3 Å². The number of aryl methyl sites for hydroxylation is 1. The number of nitrogens with one attached hydrogen (secondary N) is 1. The fourth-order valence-electron chi connectivity index (χ4n) is 5.01. The molecule has 6 nitrogen and oxygen atoms in total. The fraction of sp³-hybridized carbons (Fsp3) is 0.560. The lowest BCUT2D eigenvalue weighted by molar-refractivity contribution is -0.135. The molecule has 0 radical (unpaired) electrons. The van der Waals surface area contributed by atoms with Gasteiger partial charge in [-0.25, -0.2) is 9.07 Å². The zero-order chi connectivity index (χ0) is 22.7. The number of piperidine rings is 1. The van der Waals surface area contributed by atoms with Crippen LogP contribution in [0.4, 0.5) is 4.39 Å². The molecule has 2 aliphatic rings. The van der Waals surface area contributed by atoms with E-state index >= 15 is 0 Å². The monoisotopic (exact) mass is 440 g/mol. The maximum absolute atomic E-state index is 13.3. The van der Waals surface area contributed by atoms with E-state index in [4.69, 9.17) is 0 Å². The van der Waals surface area contributed by atoms with E-state index in [1.54, 1.807) is 16.8 Å². The Morgan fingerprint density at radius 1 is 1.06 bits per heavy atom. The van der Waals surface area contributed by atoms with Crippen LogP contribution in [0.2, 0.25) is 0 Å². The van der Waals surface area contributed by atoms with Crippen molar-refractivity contribution in [2.75, 3.05) is 13.1 Å². The Balaban J connectivity index is 1.40. The Morgan fingerprint density at radius 2 is 1.78 bits per heavy atom. The quantitative estimate of drug-likeness (QED) is 0.768. The number of nitrogens with zero attached hydrogens (tertiary/aromatic N) is 3. The van der Waals surface area contributed by atoms with Crippen LogP contribution in [0.5, 0.6) is 0 Å². The van der Waals surface area contributed by atoms with Crippen molar-refractivity contribution < 1.29 is 14.0 Å². The molecule has 2 heterocycles. The molecule has 7 heteroatoms. The second kappa shape index (κ2) is 9.84. The summed E-state index contributed by atoms with van der Waals surface area (Å²) in [6.45, 7) is 5.01. The molecule has 0 bridgehead atoms. The third kappa shape index (κ3) is 5.03. The number of hydrogen-bond donors (Lipinski definition) is 1. The summed E-state index contributed by atoms with van der Waals surface area (Å²) in [5.74, 6) is -0.285. The summed E-state index contributed by atoms with van der Waals surface area (Å²) in [5.41, 5.74) is 3.34. The summed E-state index contributed by atoms with van der Waals surface area (Å²) in [5, 5.41) is 7.80. The van der Waals surface area contributed by atoms with Gasteiger partial charge >= 0.3 is 0 Å². The first-order valence-corrected chi connectivity index (χ1v) is 11.8. The van der Waals surface area contributed by atoms with Gasteiger partial charge in [-0.15, -0.1) is 0 Å². The Morgan fingerprint density at radius 3 is 2.50 bits per heavy atom. The molecule has 1 atom stereocenters. The van der Waals surface area contributed by atoms with Crippen LogP contribution in [-0.2, 0) is 16.0 Å². The number of halogens is 1. The predicted octanol–water partition coefficient (Wildman–Crippen LogP) is 3.86. The highest BCUT2D eigenvalue weighted by Crippen LogP contribution is 2.23. The smallest absolute Gasteiger partial charge is 0.227 e. The normalized spacial score (nSPS) is 19.7. The van der Waals surface area contributed by atoms with Gasteiger partial charge in [-0.05, 0) is 63.8 Å². The summed E-state index contributed by atoms with van der Waals surface area (Å²) >= 11 is 0. The van der Waals surface area contributed by atoms with Crippen molar-refractivity contribution in [1.82, 2.24) is 20.0 Å². The van der Waals surface area contributed by atoms with E-state index < -0.39 is 0 Å². The van der Waals surface area contributed by atoms with Gasteiger partial charge in [0.15, 0.2) is 0 Å². The number of hydrogen-bond acceptors (Lipinski definition) is 3. The maximum Gasteiger partial charge on any atom is 0.227 e. The van der Waals surface area contributed by atoms with Crippen molar-refractivity contribution in [2.45, 2.75) is 71.3 Å². The van der Waals surface area contributed by atoms with Crippen LogP contribution >= 0.6 is 0 Å². The van der Waals surface area contributed by atoms with Crippen molar-refractivity contribution in [3.8, 4) is 5.69 Å². The van der Waals surface area contributed by atoms with E-state index in [0.717, 1.165) is 48.3 Å². The third-order valence-electron chi connectivity index (χ3n) is 6.94. The first kappa shape index (κ1) is 22.5. The van der Waals surface area contributed by atoms with Crippen LogP contribution in [-0.4, -0.2) is 45.6 Å². The van der Waals surface area contributed by atoms with Crippen molar-refractivity contribution in [3.63, 3.8) is 0 Å². The Labute approximate surface area is 189 Å². The van der Waals surface area contributed by atoms with Crippen molar-refractivity contribution >= 4 is 11.8 Å². The lowest BCUT2D eigenvalue weighted by atomic mass is 9.92. The highest BCUT2D eigenvalue weighted by molar-refractivity contribution is 5.82. The molecule has 2 fully saturated rings. The lowest BCUT2D eigenvalue weighted by Crippen LogP contribution is -2.48. The standard InChI is InChI=1S/C25H33FN4O2/c1-17-23(18(2)30(28-17)22-12-10-20(26)11-13-22)15-24(31)29-14-6-7-19(16-29)25(32)27-21-8-4-3-5-9-21/h10-13,19,21H,3-9,14-16H2,1-2H3,(H,27,32). The highest BCUT2D eigenvalue weighted by atomic mass is 19.1. The highest BCUT2D eigenvalue weighted by Gasteiger charge is 2.30. The maximum atomic E-state index is 13.3. The minimum absolute atomic E-state index is 0.0324. The summed E-state index contributed by atoms with van der Waals surface area (Å²) < 4.78 is 15.0. The fourth-order valence-corrected chi connectivity index (χ4v) is 5.01. The molecule has 1 saturated heterocycles. The number of carbonyl (C=O) groups excluding carboxylic acids is 2. The zero-order valence-corrected chi connectivity index (χ0v) is 19.1. The summed E-state index contributed by atoms with van der Waals surface area (Å²) in [4.78, 5) is 27.8. The molecule has 1 saturated carbocycles. The molecule has 32 heavy (non-hydrogen) atoms. The van der Waals surface area contributed by atoms with E-state index in [1.807, 2.05) is 18.7 Å². The molecule has 0 spiro atoms. The molecular weight excluding hydrogens is 407 g/mol. The molecular formula is C25H33FN4O2. The summed E-state index contributed by atoms with van der Waals surface area (Å²) in [6, 6.07) is 6.47. The zero-order valence-electron chi connectivity index (χ0n) is 19.1. The van der Waals surface area contributed by atoms with E-state index in [1.165, 1.54) is 31.4 Å². The molecule has 4 rings (SSSR count). The molecule has 1 aliphatic heterocycles. The van der Waals surface area contributed by atoms with Gasteiger partial charge in [-0.2, -0.15) is 5.10 Å². The van der Waals surface area contributed by atoms with E-state index in [-0.39, 0.29) is 30.0 Å². The molecule has 1 aromatic carbocycles. The van der Waals surface area contributed by atoms with Gasteiger partial charge in [-0.3, -0.25) is 9.59 Å². The largest absolute Gasteiger partial charge is 0.353 e. The number of carbonyl (C=O) groups is 2. The molecule has 1 aromatic heterocycles. The van der Waals surface area contributed by atoms with Gasteiger partial charge in [0.25, 0.3) is 0 Å². The van der Waals surface area contributed by atoms with Crippen molar-refractivity contribution in [3.05, 3.63) is 47.0 Å². The van der Waals surface area contributed by atoms with Gasteiger partial charge in [0.2, 0.25) is 11.8 Å². The Kier molecular flexibility index (Phi) is 6.92. The lowest BCUT2D eigenvalue weighted by Gasteiger charge is -2.33. The van der Waals surface area contributed by atoms with E-state index in [2.05, 4.69) is 10.4 Å². The van der Waals surface area contributed by atoms with Gasteiger partial charge < -0.3 is 10.2 Å². The predicted molar refractivity (Wildman–Crippen MR) is 121 cm³/mol. The van der Waals surface area contributed by atoms with Gasteiger partial charge in [0.1, 0.15) is 5.82 Å². The molecule has 1 unspecified atom stereocenters. The minimum atomic E-state index is -0.294. The first-order valence-electron chi connectivity index (χ1n) is 11.8. The van der Waals surface area contributed by atoms with Crippen molar-refractivity contribution in [2.24, 2.45) is 5.92 Å². The van der Waals surface area contributed by atoms with Gasteiger partial charge in [0.05, 0.1) is 23.7 Å². The van der Waals surface area contributed by atoms with Crippen LogP contribution < -0.4 is 5.32 Å². The molecule has 2 amide bonds. The molecule has 172 valence electrons. The van der Waals surface area contributed by atoms with Crippen molar-refractivity contribution in [1.29, 1.82) is 0 Å². The van der Waals surface area contributed by atoms with Crippen LogP contribution in [0.1, 0.15) is 61.9 Å². The number of benzene rings is 1.